The van der Waals surface area contributed by atoms with Gasteiger partial charge in [-0.25, -0.2) is 8.42 Å². The highest BCUT2D eigenvalue weighted by Gasteiger charge is 2.21. The highest BCUT2D eigenvalue weighted by atomic mass is 32.2. The topological polar surface area (TPSA) is 46.6 Å². The van der Waals surface area contributed by atoms with Crippen LogP contribution in [0.25, 0.3) is 0 Å². The van der Waals surface area contributed by atoms with Crippen LogP contribution < -0.4 is 4.74 Å². The monoisotopic (exact) mass is 325 g/mol. The van der Waals surface area contributed by atoms with E-state index < -0.39 is 10.0 Å². The first kappa shape index (κ1) is 16.0. The van der Waals surface area contributed by atoms with Gasteiger partial charge >= 0.3 is 0 Å². The second-order valence-corrected chi connectivity index (χ2v) is 7.74. The van der Waals surface area contributed by atoms with Gasteiger partial charge in [-0.05, 0) is 55.1 Å². The average Bonchev–Trinajstić information content (AvgIpc) is 2.85. The minimum Gasteiger partial charge on any atom is -0.494 e. The number of hydrogen-bond donors (Lipinski definition) is 0. The van der Waals surface area contributed by atoms with Crippen molar-refractivity contribution in [2.24, 2.45) is 0 Å². The Balaban J connectivity index is 2.18. The number of ether oxygens (including phenoxy) is 1. The molecule has 0 aliphatic carbocycles. The van der Waals surface area contributed by atoms with E-state index in [0.717, 1.165) is 10.4 Å². The molecular weight excluding hydrogens is 306 g/mol. The zero-order valence-electron chi connectivity index (χ0n) is 12.4. The summed E-state index contributed by atoms with van der Waals surface area (Å²) in [5.74, 6) is 0.674. The SMILES string of the molecule is CCOc1ccc(S(=O)(=O)N(C)Cc2sccc2C)cc1. The van der Waals surface area contributed by atoms with E-state index in [-0.39, 0.29) is 4.90 Å². The molecule has 0 saturated carbocycles. The van der Waals surface area contributed by atoms with Crippen molar-refractivity contribution in [3.63, 3.8) is 0 Å². The van der Waals surface area contributed by atoms with Crippen LogP contribution in [0.2, 0.25) is 0 Å². The van der Waals surface area contributed by atoms with Gasteiger partial charge in [0, 0.05) is 18.5 Å². The molecule has 6 heteroatoms. The third-order valence-corrected chi connectivity index (χ3v) is 6.00. The minimum atomic E-state index is -3.48. The Morgan fingerprint density at radius 3 is 2.38 bits per heavy atom. The third kappa shape index (κ3) is 3.64. The van der Waals surface area contributed by atoms with Crippen molar-refractivity contribution in [2.75, 3.05) is 13.7 Å². The lowest BCUT2D eigenvalue weighted by Crippen LogP contribution is -2.26. The summed E-state index contributed by atoms with van der Waals surface area (Å²) < 4.78 is 31.8. The van der Waals surface area contributed by atoms with Crippen molar-refractivity contribution >= 4 is 21.4 Å². The Hall–Kier alpha value is -1.37. The predicted molar refractivity (Wildman–Crippen MR) is 85.3 cm³/mol. The Morgan fingerprint density at radius 2 is 1.86 bits per heavy atom. The van der Waals surface area contributed by atoms with Crippen molar-refractivity contribution in [3.05, 3.63) is 46.2 Å². The van der Waals surface area contributed by atoms with E-state index in [1.54, 1.807) is 42.6 Å². The van der Waals surface area contributed by atoms with Gasteiger partial charge in [-0.1, -0.05) is 0 Å². The van der Waals surface area contributed by atoms with Gasteiger partial charge in [-0.2, -0.15) is 4.31 Å². The lowest BCUT2D eigenvalue weighted by Gasteiger charge is -2.17. The second-order valence-electron chi connectivity index (χ2n) is 4.69. The standard InChI is InChI=1S/C15H19NO3S2/c1-4-19-13-5-7-14(8-6-13)21(17,18)16(3)11-15-12(2)9-10-20-15/h5-10H,4,11H2,1-3H3. The summed E-state index contributed by atoms with van der Waals surface area (Å²) >= 11 is 1.57. The lowest BCUT2D eigenvalue weighted by molar-refractivity contribution is 0.340. The quantitative estimate of drug-likeness (QED) is 0.819. The normalized spacial score (nSPS) is 11.8. The van der Waals surface area contributed by atoms with E-state index in [4.69, 9.17) is 4.74 Å². The highest BCUT2D eigenvalue weighted by molar-refractivity contribution is 7.89. The van der Waals surface area contributed by atoms with E-state index in [2.05, 4.69) is 0 Å². The predicted octanol–water partition coefficient (Wildman–Crippen LogP) is 3.28. The zero-order valence-corrected chi connectivity index (χ0v) is 14.0. The number of sulfonamides is 1. The molecule has 4 nitrogen and oxygen atoms in total. The maximum atomic E-state index is 12.5. The van der Waals surface area contributed by atoms with Crippen LogP contribution in [0.15, 0.2) is 40.6 Å². The maximum absolute atomic E-state index is 12.5. The molecule has 0 aliphatic heterocycles. The van der Waals surface area contributed by atoms with E-state index >= 15 is 0 Å². The molecule has 1 aromatic heterocycles. The molecule has 0 unspecified atom stereocenters. The lowest BCUT2D eigenvalue weighted by atomic mass is 10.3. The Bertz CT molecular complexity index is 690. The molecule has 2 rings (SSSR count). The van der Waals surface area contributed by atoms with Crippen LogP contribution in [0.3, 0.4) is 0 Å². The van der Waals surface area contributed by atoms with Crippen LogP contribution >= 0.6 is 11.3 Å². The van der Waals surface area contributed by atoms with Gasteiger partial charge in [0.15, 0.2) is 0 Å². The summed E-state index contributed by atoms with van der Waals surface area (Å²) in [5.41, 5.74) is 1.12. The molecule has 1 aromatic carbocycles. The van der Waals surface area contributed by atoms with Crippen LogP contribution in [0.5, 0.6) is 5.75 Å². The number of hydrogen-bond acceptors (Lipinski definition) is 4. The molecule has 1 heterocycles. The zero-order chi connectivity index (χ0) is 15.5. The summed E-state index contributed by atoms with van der Waals surface area (Å²) in [5, 5.41) is 1.97. The summed E-state index contributed by atoms with van der Waals surface area (Å²) in [6.07, 6.45) is 0. The highest BCUT2D eigenvalue weighted by Crippen LogP contribution is 2.23. The molecular formula is C15H19NO3S2. The van der Waals surface area contributed by atoms with Crippen LogP contribution in [0.4, 0.5) is 0 Å². The van der Waals surface area contributed by atoms with Crippen LogP contribution in [0, 0.1) is 6.92 Å². The Morgan fingerprint density at radius 1 is 1.19 bits per heavy atom. The van der Waals surface area contributed by atoms with Gasteiger partial charge in [0.1, 0.15) is 5.75 Å². The number of rotatable bonds is 6. The Labute approximate surface area is 130 Å². The van der Waals surface area contributed by atoms with Gasteiger partial charge in [0.2, 0.25) is 10.0 Å². The maximum Gasteiger partial charge on any atom is 0.243 e. The second kappa shape index (κ2) is 6.60. The van der Waals surface area contributed by atoms with Gasteiger partial charge in [0.05, 0.1) is 11.5 Å². The summed E-state index contributed by atoms with van der Waals surface area (Å²) in [6, 6.07) is 8.52. The average molecular weight is 325 g/mol. The molecule has 0 fully saturated rings. The molecule has 0 saturated heterocycles. The summed E-state index contributed by atoms with van der Waals surface area (Å²) in [7, 11) is -1.88. The fourth-order valence-corrected chi connectivity index (χ4v) is 4.09. The molecule has 0 atom stereocenters. The van der Waals surface area contributed by atoms with Crippen LogP contribution in [0.1, 0.15) is 17.4 Å². The molecule has 0 aliphatic rings. The van der Waals surface area contributed by atoms with E-state index in [1.165, 1.54) is 4.31 Å². The van der Waals surface area contributed by atoms with Gasteiger partial charge < -0.3 is 4.74 Å². The summed E-state index contributed by atoms with van der Waals surface area (Å²) in [6.45, 7) is 4.83. The molecule has 0 bridgehead atoms. The number of benzene rings is 1. The van der Waals surface area contributed by atoms with Crippen molar-refractivity contribution in [2.45, 2.75) is 25.3 Å². The Kier molecular flexibility index (Phi) is 5.03. The largest absolute Gasteiger partial charge is 0.494 e. The summed E-state index contributed by atoms with van der Waals surface area (Å²) in [4.78, 5) is 1.34. The van der Waals surface area contributed by atoms with E-state index in [1.807, 2.05) is 25.3 Å². The van der Waals surface area contributed by atoms with Crippen molar-refractivity contribution < 1.29 is 13.2 Å². The third-order valence-electron chi connectivity index (χ3n) is 3.18. The number of aryl methyl sites for hydroxylation is 1. The van der Waals surface area contributed by atoms with E-state index in [0.29, 0.717) is 18.9 Å². The van der Waals surface area contributed by atoms with Crippen LogP contribution in [-0.4, -0.2) is 26.4 Å². The first-order chi connectivity index (χ1) is 9.95. The number of thiophene rings is 1. The molecule has 21 heavy (non-hydrogen) atoms. The van der Waals surface area contributed by atoms with E-state index in [9.17, 15) is 8.42 Å². The van der Waals surface area contributed by atoms with Crippen LogP contribution in [-0.2, 0) is 16.6 Å². The fraction of sp³-hybridized carbons (Fsp3) is 0.333. The first-order valence-electron chi connectivity index (χ1n) is 6.67. The first-order valence-corrected chi connectivity index (χ1v) is 8.99. The van der Waals surface area contributed by atoms with Crippen molar-refractivity contribution in [3.8, 4) is 5.75 Å². The smallest absolute Gasteiger partial charge is 0.243 e. The molecule has 0 spiro atoms. The van der Waals surface area contributed by atoms with Crippen molar-refractivity contribution in [1.82, 2.24) is 4.31 Å². The van der Waals surface area contributed by atoms with Gasteiger partial charge in [-0.3, -0.25) is 0 Å². The van der Waals surface area contributed by atoms with Gasteiger partial charge in [0.25, 0.3) is 0 Å². The fourth-order valence-electron chi connectivity index (χ4n) is 1.91. The van der Waals surface area contributed by atoms with Gasteiger partial charge in [-0.15, -0.1) is 11.3 Å². The number of nitrogens with zero attached hydrogens (tertiary/aromatic N) is 1. The molecule has 0 amide bonds. The van der Waals surface area contributed by atoms with Crippen molar-refractivity contribution in [1.29, 1.82) is 0 Å². The molecule has 0 radical (unpaired) electrons. The molecule has 2 aromatic rings. The molecule has 0 N–H and O–H groups in total. The minimum absolute atomic E-state index is 0.280. The molecule has 114 valence electrons.